The van der Waals surface area contributed by atoms with Crippen molar-refractivity contribution >= 4 is 5.91 Å². The third-order valence-electron chi connectivity index (χ3n) is 3.46. The van der Waals surface area contributed by atoms with Gasteiger partial charge in [-0.05, 0) is 23.8 Å². The van der Waals surface area contributed by atoms with Crippen molar-refractivity contribution in [1.82, 2.24) is 9.88 Å². The lowest BCUT2D eigenvalue weighted by molar-refractivity contribution is -0.166. The lowest BCUT2D eigenvalue weighted by atomic mass is 10.1. The molecule has 0 bridgehead atoms. The molecule has 0 saturated carbocycles. The van der Waals surface area contributed by atoms with Gasteiger partial charge < -0.3 is 19.7 Å². The zero-order valence-corrected chi connectivity index (χ0v) is 13.0. The van der Waals surface area contributed by atoms with Gasteiger partial charge in [-0.3, -0.25) is 4.79 Å². The van der Waals surface area contributed by atoms with Crippen molar-refractivity contribution < 1.29 is 27.8 Å². The number of benzene rings is 1. The van der Waals surface area contributed by atoms with Gasteiger partial charge in [0.1, 0.15) is 5.75 Å². The first-order valence-electron chi connectivity index (χ1n) is 7.03. The average Bonchev–Trinajstić information content (AvgIpc) is 2.96. The number of carbonyl (C=O) groups excluding carboxylic acids is 1. The summed E-state index contributed by atoms with van der Waals surface area (Å²) < 4.78 is 46.1. The molecule has 130 valence electrons. The summed E-state index contributed by atoms with van der Waals surface area (Å²) in [4.78, 5) is 12.1. The van der Waals surface area contributed by atoms with Gasteiger partial charge in [0.15, 0.2) is 12.1 Å². The predicted octanol–water partition coefficient (Wildman–Crippen LogP) is 2.49. The SMILES string of the molecule is COc1cccc([C@@H](O)C(=O)N[C@@H](c2ccn(C)c2)C(F)(F)F)c1. The Bertz CT molecular complexity index is 713. The third kappa shape index (κ3) is 4.08. The minimum absolute atomic E-state index is 0.115. The van der Waals surface area contributed by atoms with Gasteiger partial charge in [0.05, 0.1) is 7.11 Å². The number of hydrogen-bond acceptors (Lipinski definition) is 3. The van der Waals surface area contributed by atoms with E-state index in [9.17, 15) is 23.1 Å². The summed E-state index contributed by atoms with van der Waals surface area (Å²) in [7, 11) is 2.98. The Morgan fingerprint density at radius 2 is 2.00 bits per heavy atom. The summed E-state index contributed by atoms with van der Waals surface area (Å²) in [5.74, 6) is -0.760. The molecule has 0 fully saturated rings. The minimum atomic E-state index is -4.69. The Morgan fingerprint density at radius 1 is 1.29 bits per heavy atom. The molecule has 1 aromatic carbocycles. The number of rotatable bonds is 5. The van der Waals surface area contributed by atoms with E-state index in [2.05, 4.69) is 0 Å². The molecule has 2 atom stereocenters. The van der Waals surface area contributed by atoms with Crippen LogP contribution in [-0.2, 0) is 11.8 Å². The molecule has 1 amide bonds. The molecule has 0 unspecified atom stereocenters. The summed E-state index contributed by atoms with van der Waals surface area (Å²) in [5.41, 5.74) is 0.0250. The lowest BCUT2D eigenvalue weighted by Gasteiger charge is -2.22. The van der Waals surface area contributed by atoms with E-state index >= 15 is 0 Å². The largest absolute Gasteiger partial charge is 0.497 e. The molecule has 2 N–H and O–H groups in total. The Balaban J connectivity index is 2.20. The van der Waals surface area contributed by atoms with Crippen LogP contribution in [-0.4, -0.2) is 28.9 Å². The molecule has 1 heterocycles. The molecule has 2 aromatic rings. The normalized spacial score (nSPS) is 14.1. The van der Waals surface area contributed by atoms with Crippen LogP contribution in [0.15, 0.2) is 42.7 Å². The van der Waals surface area contributed by atoms with Crippen molar-refractivity contribution in [3.8, 4) is 5.75 Å². The molecule has 0 aliphatic carbocycles. The fraction of sp³-hybridized carbons (Fsp3) is 0.312. The molecular weight excluding hydrogens is 325 g/mol. The predicted molar refractivity (Wildman–Crippen MR) is 80.3 cm³/mol. The molecule has 0 aliphatic rings. The van der Waals surface area contributed by atoms with Crippen LogP contribution in [0.25, 0.3) is 0 Å². The number of carbonyl (C=O) groups is 1. The smallest absolute Gasteiger partial charge is 0.412 e. The van der Waals surface area contributed by atoms with Gasteiger partial charge in [0, 0.05) is 25.0 Å². The second kappa shape index (κ2) is 6.96. The maximum absolute atomic E-state index is 13.2. The van der Waals surface area contributed by atoms with Crippen LogP contribution in [0, 0.1) is 0 Å². The van der Waals surface area contributed by atoms with E-state index in [0.29, 0.717) is 5.75 Å². The first kappa shape index (κ1) is 17.9. The highest BCUT2D eigenvalue weighted by atomic mass is 19.4. The summed E-state index contributed by atoms with van der Waals surface area (Å²) in [6.07, 6.45) is -3.73. The maximum atomic E-state index is 13.2. The maximum Gasteiger partial charge on any atom is 0.412 e. The third-order valence-corrected chi connectivity index (χ3v) is 3.46. The average molecular weight is 342 g/mol. The lowest BCUT2D eigenvalue weighted by Crippen LogP contribution is -2.40. The number of nitrogens with one attached hydrogen (secondary N) is 1. The minimum Gasteiger partial charge on any atom is -0.497 e. The van der Waals surface area contributed by atoms with E-state index in [4.69, 9.17) is 4.74 Å². The number of aromatic nitrogens is 1. The fourth-order valence-corrected chi connectivity index (χ4v) is 2.23. The van der Waals surface area contributed by atoms with E-state index in [1.807, 2.05) is 5.32 Å². The first-order chi connectivity index (χ1) is 11.2. The highest BCUT2D eigenvalue weighted by molar-refractivity contribution is 5.82. The van der Waals surface area contributed by atoms with E-state index in [1.165, 1.54) is 48.3 Å². The van der Waals surface area contributed by atoms with Crippen LogP contribution >= 0.6 is 0 Å². The van der Waals surface area contributed by atoms with Gasteiger partial charge in [-0.25, -0.2) is 0 Å². The monoisotopic (exact) mass is 342 g/mol. The number of amides is 1. The number of aliphatic hydroxyl groups excluding tert-OH is 1. The van der Waals surface area contributed by atoms with Crippen molar-refractivity contribution in [3.63, 3.8) is 0 Å². The number of halogens is 3. The summed E-state index contributed by atoms with van der Waals surface area (Å²) >= 11 is 0. The first-order valence-corrected chi connectivity index (χ1v) is 7.03. The van der Waals surface area contributed by atoms with Gasteiger partial charge in [-0.1, -0.05) is 12.1 Å². The molecule has 8 heteroatoms. The van der Waals surface area contributed by atoms with Crippen molar-refractivity contribution in [2.45, 2.75) is 18.3 Å². The van der Waals surface area contributed by atoms with Crippen molar-refractivity contribution in [1.29, 1.82) is 0 Å². The zero-order valence-electron chi connectivity index (χ0n) is 13.0. The Kier molecular flexibility index (Phi) is 5.18. The van der Waals surface area contributed by atoms with Gasteiger partial charge in [0.25, 0.3) is 5.91 Å². The standard InChI is InChI=1S/C16H17F3N2O3/c1-21-7-6-11(9-21)14(16(17,18)19)20-15(23)13(22)10-4-3-5-12(8-10)24-2/h3-9,13-14,22H,1-2H3,(H,20,23)/t13-,14+/m1/s1. The Morgan fingerprint density at radius 3 is 2.54 bits per heavy atom. The molecule has 0 spiro atoms. The molecule has 2 rings (SSSR count). The van der Waals surface area contributed by atoms with Crippen LogP contribution in [0.5, 0.6) is 5.75 Å². The van der Waals surface area contributed by atoms with Crippen LogP contribution in [0.1, 0.15) is 23.3 Å². The summed E-state index contributed by atoms with van der Waals surface area (Å²) in [5, 5.41) is 11.9. The Hall–Kier alpha value is -2.48. The number of hydrogen-bond donors (Lipinski definition) is 2. The van der Waals surface area contributed by atoms with E-state index in [1.54, 1.807) is 13.1 Å². The molecule has 0 radical (unpaired) electrons. The number of ether oxygens (including phenoxy) is 1. The number of alkyl halides is 3. The summed E-state index contributed by atoms with van der Waals surface area (Å²) in [6.45, 7) is 0. The van der Waals surface area contributed by atoms with Crippen molar-refractivity contribution in [3.05, 3.63) is 53.9 Å². The number of methoxy groups -OCH3 is 1. The van der Waals surface area contributed by atoms with Crippen LogP contribution in [0.3, 0.4) is 0 Å². The molecular formula is C16H17F3N2O3. The van der Waals surface area contributed by atoms with Crippen molar-refractivity contribution in [2.75, 3.05) is 7.11 Å². The number of aryl methyl sites for hydroxylation is 1. The zero-order chi connectivity index (χ0) is 17.9. The molecule has 1 aromatic heterocycles. The molecule has 5 nitrogen and oxygen atoms in total. The van der Waals surface area contributed by atoms with Gasteiger partial charge in [-0.2, -0.15) is 13.2 Å². The van der Waals surface area contributed by atoms with E-state index in [-0.39, 0.29) is 11.1 Å². The van der Waals surface area contributed by atoms with Crippen molar-refractivity contribution in [2.24, 2.45) is 7.05 Å². The number of nitrogens with zero attached hydrogens (tertiary/aromatic N) is 1. The highest BCUT2D eigenvalue weighted by Crippen LogP contribution is 2.33. The highest BCUT2D eigenvalue weighted by Gasteiger charge is 2.43. The second-order valence-corrected chi connectivity index (χ2v) is 5.27. The van der Waals surface area contributed by atoms with E-state index in [0.717, 1.165) is 0 Å². The summed E-state index contributed by atoms with van der Waals surface area (Å²) in [6, 6.07) is 5.00. The molecule has 0 aliphatic heterocycles. The Labute approximate surface area is 136 Å². The van der Waals surface area contributed by atoms with Crippen LogP contribution in [0.4, 0.5) is 13.2 Å². The quantitative estimate of drug-likeness (QED) is 0.877. The van der Waals surface area contributed by atoms with Crippen LogP contribution in [0.2, 0.25) is 0 Å². The van der Waals surface area contributed by atoms with E-state index < -0.39 is 24.2 Å². The molecule has 0 saturated heterocycles. The van der Waals surface area contributed by atoms with Gasteiger partial charge in [-0.15, -0.1) is 0 Å². The van der Waals surface area contributed by atoms with Gasteiger partial charge in [0.2, 0.25) is 0 Å². The number of aliphatic hydroxyl groups is 1. The molecule has 24 heavy (non-hydrogen) atoms. The van der Waals surface area contributed by atoms with Crippen LogP contribution < -0.4 is 10.1 Å². The fourth-order valence-electron chi connectivity index (χ4n) is 2.23. The second-order valence-electron chi connectivity index (χ2n) is 5.27. The topological polar surface area (TPSA) is 63.5 Å². The van der Waals surface area contributed by atoms with Gasteiger partial charge >= 0.3 is 6.18 Å².